The lowest BCUT2D eigenvalue weighted by Gasteiger charge is -2.31. The molecule has 3 rings (SSSR count). The lowest BCUT2D eigenvalue weighted by atomic mass is 10.0. The van der Waals surface area contributed by atoms with E-state index in [1.165, 1.54) is 0 Å². The van der Waals surface area contributed by atoms with Crippen LogP contribution in [0.15, 0.2) is 30.3 Å². The summed E-state index contributed by atoms with van der Waals surface area (Å²) in [5, 5.41) is 7.24. The van der Waals surface area contributed by atoms with Crippen molar-refractivity contribution in [3.05, 3.63) is 47.3 Å². The molecule has 2 heterocycles. The number of nitrogens with zero attached hydrogens (tertiary/aromatic N) is 3. The maximum atomic E-state index is 12.8. The molecular weight excluding hydrogens is 372 g/mol. The number of aromatic nitrogens is 2. The fourth-order valence-corrected chi connectivity index (χ4v) is 3.58. The van der Waals surface area contributed by atoms with Gasteiger partial charge in [-0.1, -0.05) is 18.2 Å². The van der Waals surface area contributed by atoms with E-state index in [1.54, 1.807) is 30.4 Å². The van der Waals surface area contributed by atoms with Crippen molar-refractivity contribution in [3.63, 3.8) is 0 Å². The van der Waals surface area contributed by atoms with Crippen molar-refractivity contribution in [2.75, 3.05) is 19.7 Å². The molecule has 0 spiro atoms. The molecule has 1 N–H and O–H groups in total. The van der Waals surface area contributed by atoms with Crippen molar-refractivity contribution in [1.82, 2.24) is 20.0 Å². The SMILES string of the molecule is CCOC(=O)N1CCC(NC(=O)C(=O)c2c(C)nn(-c3ccccc3)c2C)CC1. The summed E-state index contributed by atoms with van der Waals surface area (Å²) in [6.45, 7) is 6.58. The summed E-state index contributed by atoms with van der Waals surface area (Å²) < 4.78 is 6.67. The molecule has 29 heavy (non-hydrogen) atoms. The molecule has 0 atom stereocenters. The van der Waals surface area contributed by atoms with Gasteiger partial charge in [0.1, 0.15) is 0 Å². The van der Waals surface area contributed by atoms with Crippen molar-refractivity contribution in [1.29, 1.82) is 0 Å². The fraction of sp³-hybridized carbons (Fsp3) is 0.429. The summed E-state index contributed by atoms with van der Waals surface area (Å²) >= 11 is 0. The van der Waals surface area contributed by atoms with Gasteiger partial charge in [0, 0.05) is 19.1 Å². The standard InChI is InChI=1S/C21H26N4O4/c1-4-29-21(28)24-12-10-16(11-13-24)22-20(27)19(26)18-14(2)23-25(15(18)3)17-8-6-5-7-9-17/h5-9,16H,4,10-13H2,1-3H3,(H,22,27). The minimum atomic E-state index is -0.640. The number of para-hydroxylation sites is 1. The van der Waals surface area contributed by atoms with Crippen LogP contribution >= 0.6 is 0 Å². The number of piperidine rings is 1. The minimum Gasteiger partial charge on any atom is -0.450 e. The van der Waals surface area contributed by atoms with Crippen LogP contribution in [0.2, 0.25) is 0 Å². The molecule has 2 aromatic rings. The number of nitrogens with one attached hydrogen (secondary N) is 1. The summed E-state index contributed by atoms with van der Waals surface area (Å²) in [5.74, 6) is -1.23. The lowest BCUT2D eigenvalue weighted by molar-refractivity contribution is -0.117. The number of hydrogen-bond acceptors (Lipinski definition) is 5. The van der Waals surface area contributed by atoms with E-state index in [0.29, 0.717) is 49.5 Å². The van der Waals surface area contributed by atoms with Crippen LogP contribution in [-0.4, -0.2) is 58.2 Å². The highest BCUT2D eigenvalue weighted by atomic mass is 16.6. The number of Topliss-reactive ketones (excluding diaryl/α,β-unsaturated/α-hetero) is 1. The number of likely N-dealkylation sites (tertiary alicyclic amines) is 1. The molecule has 0 radical (unpaired) electrons. The van der Waals surface area contributed by atoms with Crippen LogP contribution in [0, 0.1) is 13.8 Å². The Labute approximate surface area is 169 Å². The number of ketones is 1. The zero-order chi connectivity index (χ0) is 21.0. The number of benzene rings is 1. The molecule has 1 aliphatic heterocycles. The van der Waals surface area contributed by atoms with Gasteiger partial charge in [-0.2, -0.15) is 5.10 Å². The third-order valence-corrected chi connectivity index (χ3v) is 5.08. The van der Waals surface area contributed by atoms with Crippen LogP contribution < -0.4 is 5.32 Å². The molecule has 1 aromatic carbocycles. The van der Waals surface area contributed by atoms with Crippen LogP contribution in [0.3, 0.4) is 0 Å². The second kappa shape index (κ2) is 8.89. The van der Waals surface area contributed by atoms with Crippen LogP contribution in [0.5, 0.6) is 0 Å². The first-order valence-electron chi connectivity index (χ1n) is 9.81. The normalized spacial score (nSPS) is 14.5. The Morgan fingerprint density at radius 2 is 1.79 bits per heavy atom. The quantitative estimate of drug-likeness (QED) is 0.617. The van der Waals surface area contributed by atoms with E-state index in [0.717, 1.165) is 5.69 Å². The highest BCUT2D eigenvalue weighted by molar-refractivity contribution is 6.43. The number of aryl methyl sites for hydroxylation is 1. The molecule has 0 bridgehead atoms. The first-order valence-corrected chi connectivity index (χ1v) is 9.81. The Morgan fingerprint density at radius 3 is 2.41 bits per heavy atom. The number of ether oxygens (including phenoxy) is 1. The Balaban J connectivity index is 1.65. The third-order valence-electron chi connectivity index (χ3n) is 5.08. The van der Waals surface area contributed by atoms with E-state index in [4.69, 9.17) is 4.74 Å². The third kappa shape index (κ3) is 4.47. The van der Waals surface area contributed by atoms with Crippen LogP contribution in [0.25, 0.3) is 5.69 Å². The highest BCUT2D eigenvalue weighted by Crippen LogP contribution is 2.19. The summed E-state index contributed by atoms with van der Waals surface area (Å²) in [6.07, 6.45) is 0.825. The average Bonchev–Trinajstić information content (AvgIpc) is 3.02. The molecule has 0 aliphatic carbocycles. The van der Waals surface area contributed by atoms with Crippen LogP contribution in [0.1, 0.15) is 41.5 Å². The largest absolute Gasteiger partial charge is 0.450 e. The van der Waals surface area contributed by atoms with E-state index in [-0.39, 0.29) is 12.1 Å². The van der Waals surface area contributed by atoms with Crippen molar-refractivity contribution in [2.24, 2.45) is 0 Å². The number of rotatable bonds is 5. The average molecular weight is 398 g/mol. The fourth-order valence-electron chi connectivity index (χ4n) is 3.58. The van der Waals surface area contributed by atoms with E-state index >= 15 is 0 Å². The monoisotopic (exact) mass is 398 g/mol. The smallest absolute Gasteiger partial charge is 0.409 e. The van der Waals surface area contributed by atoms with Crippen molar-refractivity contribution in [2.45, 2.75) is 39.7 Å². The van der Waals surface area contributed by atoms with Gasteiger partial charge in [0.25, 0.3) is 11.7 Å². The van der Waals surface area contributed by atoms with Crippen molar-refractivity contribution in [3.8, 4) is 5.69 Å². The van der Waals surface area contributed by atoms with Gasteiger partial charge in [-0.25, -0.2) is 9.48 Å². The second-order valence-electron chi connectivity index (χ2n) is 7.06. The van der Waals surface area contributed by atoms with Crippen LogP contribution in [-0.2, 0) is 9.53 Å². The molecule has 1 fully saturated rings. The van der Waals surface area contributed by atoms with Gasteiger partial charge < -0.3 is 15.0 Å². The van der Waals surface area contributed by atoms with E-state index < -0.39 is 11.7 Å². The molecule has 0 saturated carbocycles. The molecule has 8 nitrogen and oxygen atoms in total. The summed E-state index contributed by atoms with van der Waals surface area (Å²) in [7, 11) is 0. The van der Waals surface area contributed by atoms with E-state index in [1.807, 2.05) is 30.3 Å². The topological polar surface area (TPSA) is 93.5 Å². The summed E-state index contributed by atoms with van der Waals surface area (Å²) in [6, 6.07) is 9.32. The summed E-state index contributed by atoms with van der Waals surface area (Å²) in [4.78, 5) is 38.8. The maximum Gasteiger partial charge on any atom is 0.409 e. The Morgan fingerprint density at radius 1 is 1.14 bits per heavy atom. The van der Waals surface area contributed by atoms with Gasteiger partial charge in [0.05, 0.1) is 29.2 Å². The van der Waals surface area contributed by atoms with E-state index in [9.17, 15) is 14.4 Å². The predicted octanol–water partition coefficient (Wildman–Crippen LogP) is 2.41. The zero-order valence-electron chi connectivity index (χ0n) is 17.0. The molecule has 1 aliphatic rings. The lowest BCUT2D eigenvalue weighted by Crippen LogP contribution is -2.48. The Kier molecular flexibility index (Phi) is 6.31. The number of carbonyl (C=O) groups excluding carboxylic acids is 3. The van der Waals surface area contributed by atoms with Crippen LogP contribution in [0.4, 0.5) is 4.79 Å². The van der Waals surface area contributed by atoms with Gasteiger partial charge in [-0.15, -0.1) is 0 Å². The number of amides is 2. The first kappa shape index (κ1) is 20.6. The minimum absolute atomic E-state index is 0.151. The summed E-state index contributed by atoms with van der Waals surface area (Å²) in [5.41, 5.74) is 2.31. The van der Waals surface area contributed by atoms with Gasteiger partial charge in [0.15, 0.2) is 0 Å². The van der Waals surface area contributed by atoms with Gasteiger partial charge in [-0.3, -0.25) is 9.59 Å². The van der Waals surface area contributed by atoms with Gasteiger partial charge >= 0.3 is 6.09 Å². The van der Waals surface area contributed by atoms with Crippen molar-refractivity contribution < 1.29 is 19.1 Å². The molecule has 8 heteroatoms. The molecule has 1 saturated heterocycles. The molecule has 2 amide bonds. The molecule has 154 valence electrons. The first-order chi connectivity index (χ1) is 13.9. The zero-order valence-corrected chi connectivity index (χ0v) is 17.0. The Bertz CT molecular complexity index is 899. The van der Waals surface area contributed by atoms with E-state index in [2.05, 4.69) is 10.4 Å². The molecular formula is C21H26N4O4. The Hall–Kier alpha value is -3.16. The molecule has 0 unspecified atom stereocenters. The molecule has 1 aromatic heterocycles. The van der Waals surface area contributed by atoms with Gasteiger partial charge in [-0.05, 0) is 45.7 Å². The highest BCUT2D eigenvalue weighted by Gasteiger charge is 2.29. The maximum absolute atomic E-state index is 12.8. The number of carbonyl (C=O) groups is 3. The number of hydrogen-bond donors (Lipinski definition) is 1. The second-order valence-corrected chi connectivity index (χ2v) is 7.06. The predicted molar refractivity (Wildman–Crippen MR) is 107 cm³/mol. The van der Waals surface area contributed by atoms with Crippen molar-refractivity contribution >= 4 is 17.8 Å². The van der Waals surface area contributed by atoms with Gasteiger partial charge in [0.2, 0.25) is 0 Å².